The van der Waals surface area contributed by atoms with Crippen LogP contribution in [0.2, 0.25) is 0 Å². The van der Waals surface area contributed by atoms with Gasteiger partial charge in [0.2, 0.25) is 5.91 Å². The minimum atomic E-state index is -0.490. The summed E-state index contributed by atoms with van der Waals surface area (Å²) < 4.78 is 13.5. The fourth-order valence-electron chi connectivity index (χ4n) is 6.03. The highest BCUT2D eigenvalue weighted by molar-refractivity contribution is 5.73. The number of hydrogen-bond acceptors (Lipinski definition) is 5. The van der Waals surface area contributed by atoms with E-state index in [0.29, 0.717) is 6.54 Å². The zero-order chi connectivity index (χ0) is 28.6. The van der Waals surface area contributed by atoms with E-state index in [2.05, 4.69) is 65.7 Å². The fourth-order valence-corrected chi connectivity index (χ4v) is 6.03. The number of aliphatic hydroxyl groups excluding tert-OH is 1. The highest BCUT2D eigenvalue weighted by Crippen LogP contribution is 2.42. The molecule has 0 aliphatic carbocycles. The first-order valence-corrected chi connectivity index (χ1v) is 15.2. The number of ether oxygens (including phenoxy) is 2. The van der Waals surface area contributed by atoms with E-state index in [1.807, 2.05) is 24.3 Å². The summed E-state index contributed by atoms with van der Waals surface area (Å²) in [6.07, 6.45) is 5.87. The molecule has 5 rings (SSSR count). The normalized spacial score (nSPS) is 23.9. The van der Waals surface area contributed by atoms with Crippen molar-refractivity contribution in [1.82, 2.24) is 10.2 Å². The molecular formula is C35H44N2O4. The van der Waals surface area contributed by atoms with Gasteiger partial charge in [0.25, 0.3) is 0 Å². The standard InChI is InChI=1S/C35H44N2O4/c1-25-33(23-37-18-6-4-3-5-7-19-37)40-35(41-34(25)29-16-14-27(24-38)15-17-29)32-13-9-12-31(21-32)30-11-8-10-28(20-30)22-36-26(2)39/h8-17,20-21,25,33-35,38H,3-7,18-19,22-24H2,1-2H3,(H,36,39). The second-order valence-electron chi connectivity index (χ2n) is 11.6. The Morgan fingerprint density at radius 2 is 1.54 bits per heavy atom. The number of benzene rings is 3. The molecule has 2 N–H and O–H groups in total. The van der Waals surface area contributed by atoms with E-state index in [1.54, 1.807) is 0 Å². The molecule has 2 aliphatic heterocycles. The molecule has 1 amide bonds. The number of rotatable bonds is 8. The van der Waals surface area contributed by atoms with E-state index in [9.17, 15) is 9.90 Å². The van der Waals surface area contributed by atoms with E-state index < -0.39 is 6.29 Å². The third-order valence-electron chi connectivity index (χ3n) is 8.47. The van der Waals surface area contributed by atoms with Crippen molar-refractivity contribution in [2.45, 2.75) is 77.6 Å². The highest BCUT2D eigenvalue weighted by atomic mass is 16.7. The van der Waals surface area contributed by atoms with Crippen molar-refractivity contribution in [3.8, 4) is 11.1 Å². The Morgan fingerprint density at radius 3 is 2.24 bits per heavy atom. The first-order chi connectivity index (χ1) is 20.0. The average Bonchev–Trinajstić information content (AvgIpc) is 2.98. The Kier molecular flexibility index (Phi) is 10.2. The number of aliphatic hydroxyl groups is 1. The van der Waals surface area contributed by atoms with Gasteiger partial charge in [0.05, 0.1) is 18.8 Å². The van der Waals surface area contributed by atoms with E-state index in [4.69, 9.17) is 9.47 Å². The van der Waals surface area contributed by atoms with Crippen LogP contribution in [0.15, 0.2) is 72.8 Å². The third kappa shape index (κ3) is 7.83. The molecule has 41 heavy (non-hydrogen) atoms. The first-order valence-electron chi connectivity index (χ1n) is 15.2. The quantitative estimate of drug-likeness (QED) is 0.330. The molecule has 2 heterocycles. The number of nitrogens with one attached hydrogen (secondary N) is 1. The van der Waals surface area contributed by atoms with Gasteiger partial charge in [-0.25, -0.2) is 0 Å². The van der Waals surface area contributed by atoms with Crippen molar-refractivity contribution < 1.29 is 19.4 Å². The van der Waals surface area contributed by atoms with Gasteiger partial charge in [-0.05, 0) is 65.9 Å². The molecule has 3 aromatic rings. The lowest BCUT2D eigenvalue weighted by Gasteiger charge is -2.43. The minimum absolute atomic E-state index is 0.0281. The molecule has 0 bridgehead atoms. The number of likely N-dealkylation sites (tertiary alicyclic amines) is 1. The SMILES string of the molecule is CC(=O)NCc1cccc(-c2cccc(C3OC(CN4CCCCCCC4)C(C)C(c4ccc(CO)cc4)O3)c2)c1. The molecule has 218 valence electrons. The predicted molar refractivity (Wildman–Crippen MR) is 162 cm³/mol. The molecule has 0 saturated carbocycles. The Labute approximate surface area is 244 Å². The van der Waals surface area contributed by atoms with Gasteiger partial charge in [0.15, 0.2) is 6.29 Å². The van der Waals surface area contributed by atoms with E-state index in [0.717, 1.165) is 53.0 Å². The van der Waals surface area contributed by atoms with Crippen LogP contribution in [-0.2, 0) is 27.4 Å². The number of hydrogen-bond donors (Lipinski definition) is 2. The van der Waals surface area contributed by atoms with Crippen molar-refractivity contribution >= 4 is 5.91 Å². The van der Waals surface area contributed by atoms with Crippen LogP contribution < -0.4 is 5.32 Å². The number of carbonyl (C=O) groups excluding carboxylic acids is 1. The van der Waals surface area contributed by atoms with Crippen LogP contribution in [0.1, 0.15) is 80.6 Å². The lowest BCUT2D eigenvalue weighted by atomic mass is 9.89. The van der Waals surface area contributed by atoms with Crippen molar-refractivity contribution in [3.05, 3.63) is 95.1 Å². The van der Waals surface area contributed by atoms with Gasteiger partial charge in [-0.15, -0.1) is 0 Å². The second kappa shape index (κ2) is 14.2. The molecule has 0 radical (unpaired) electrons. The van der Waals surface area contributed by atoms with E-state index in [1.165, 1.54) is 39.0 Å². The summed E-state index contributed by atoms with van der Waals surface area (Å²) >= 11 is 0. The third-order valence-corrected chi connectivity index (χ3v) is 8.47. The van der Waals surface area contributed by atoms with E-state index >= 15 is 0 Å². The maximum Gasteiger partial charge on any atom is 0.217 e. The fraction of sp³-hybridized carbons (Fsp3) is 0.457. The summed E-state index contributed by atoms with van der Waals surface area (Å²) in [5.41, 5.74) is 6.24. The average molecular weight is 557 g/mol. The summed E-state index contributed by atoms with van der Waals surface area (Å²) in [5, 5.41) is 12.4. The van der Waals surface area contributed by atoms with Gasteiger partial charge in [-0.1, -0.05) is 86.8 Å². The summed E-state index contributed by atoms with van der Waals surface area (Å²) in [6, 6.07) is 24.8. The summed E-state index contributed by atoms with van der Waals surface area (Å²) in [4.78, 5) is 14.0. The molecule has 2 aliphatic rings. The van der Waals surface area contributed by atoms with Crippen LogP contribution in [-0.4, -0.2) is 41.7 Å². The molecular weight excluding hydrogens is 512 g/mol. The van der Waals surface area contributed by atoms with Gasteiger partial charge in [-0.2, -0.15) is 0 Å². The van der Waals surface area contributed by atoms with Crippen LogP contribution in [0.25, 0.3) is 11.1 Å². The molecule has 4 atom stereocenters. The van der Waals surface area contributed by atoms with E-state index in [-0.39, 0.29) is 30.6 Å². The monoisotopic (exact) mass is 556 g/mol. The Balaban J connectivity index is 1.41. The number of amides is 1. The van der Waals surface area contributed by atoms with Gasteiger partial charge in [0, 0.05) is 31.5 Å². The highest BCUT2D eigenvalue weighted by Gasteiger charge is 2.39. The minimum Gasteiger partial charge on any atom is -0.392 e. The molecule has 6 nitrogen and oxygen atoms in total. The molecule has 0 aromatic heterocycles. The smallest absolute Gasteiger partial charge is 0.217 e. The first kappa shape index (κ1) is 29.5. The topological polar surface area (TPSA) is 71.0 Å². The second-order valence-corrected chi connectivity index (χ2v) is 11.6. The van der Waals surface area contributed by atoms with Crippen LogP contribution >= 0.6 is 0 Å². The van der Waals surface area contributed by atoms with Crippen LogP contribution in [0.3, 0.4) is 0 Å². The van der Waals surface area contributed by atoms with Gasteiger partial charge in [-0.3, -0.25) is 4.79 Å². The molecule has 2 saturated heterocycles. The lowest BCUT2D eigenvalue weighted by molar-refractivity contribution is -0.276. The predicted octanol–water partition coefficient (Wildman–Crippen LogP) is 6.54. The van der Waals surface area contributed by atoms with Crippen molar-refractivity contribution in [1.29, 1.82) is 0 Å². The molecule has 2 fully saturated rings. The summed E-state index contributed by atoms with van der Waals surface area (Å²) in [5.74, 6) is 0.134. The Bertz CT molecular complexity index is 1270. The van der Waals surface area contributed by atoms with Gasteiger partial charge < -0.3 is 24.8 Å². The maximum absolute atomic E-state index is 11.4. The zero-order valence-corrected chi connectivity index (χ0v) is 24.4. The van der Waals surface area contributed by atoms with Gasteiger partial charge >= 0.3 is 0 Å². The summed E-state index contributed by atoms with van der Waals surface area (Å²) in [6.45, 7) is 7.46. The van der Waals surface area contributed by atoms with Crippen molar-refractivity contribution in [3.63, 3.8) is 0 Å². The Hall–Kier alpha value is -3.03. The van der Waals surface area contributed by atoms with Crippen LogP contribution in [0, 0.1) is 5.92 Å². The van der Waals surface area contributed by atoms with Crippen molar-refractivity contribution in [2.24, 2.45) is 5.92 Å². The molecule has 3 aromatic carbocycles. The largest absolute Gasteiger partial charge is 0.392 e. The number of nitrogens with zero attached hydrogens (tertiary/aromatic N) is 1. The Morgan fingerprint density at radius 1 is 0.854 bits per heavy atom. The molecule has 4 unspecified atom stereocenters. The van der Waals surface area contributed by atoms with Crippen LogP contribution in [0.4, 0.5) is 0 Å². The van der Waals surface area contributed by atoms with Gasteiger partial charge in [0.1, 0.15) is 0 Å². The summed E-state index contributed by atoms with van der Waals surface area (Å²) in [7, 11) is 0. The lowest BCUT2D eigenvalue weighted by Crippen LogP contribution is -2.45. The number of carbonyl (C=O) groups is 1. The van der Waals surface area contributed by atoms with Crippen LogP contribution in [0.5, 0.6) is 0 Å². The van der Waals surface area contributed by atoms with Crippen molar-refractivity contribution in [2.75, 3.05) is 19.6 Å². The molecule has 0 spiro atoms. The zero-order valence-electron chi connectivity index (χ0n) is 24.4. The molecule has 6 heteroatoms. The maximum atomic E-state index is 11.4.